The number of carbonyl (C=O) groups is 1. The maximum absolute atomic E-state index is 12.5. The molecule has 0 saturated carbocycles. The average Bonchev–Trinajstić information content (AvgIpc) is 3.28. The van der Waals surface area contributed by atoms with Gasteiger partial charge in [-0.25, -0.2) is 13.4 Å². The minimum atomic E-state index is -3.94. The lowest BCUT2D eigenvalue weighted by Gasteiger charge is -2.13. The molecule has 0 fully saturated rings. The van der Waals surface area contributed by atoms with Crippen molar-refractivity contribution in [1.82, 2.24) is 14.9 Å². The number of benzene rings is 1. The molecule has 2 aromatic heterocycles. The topological polar surface area (TPSA) is 114 Å². The highest BCUT2D eigenvalue weighted by Gasteiger charge is 2.28. The van der Waals surface area contributed by atoms with E-state index in [2.05, 4.69) is 27.1 Å². The van der Waals surface area contributed by atoms with Crippen molar-refractivity contribution >= 4 is 32.4 Å². The fraction of sp³-hybridized carbons (Fsp3) is 0.316. The first kappa shape index (κ1) is 21.2. The minimum absolute atomic E-state index is 0.0517. The summed E-state index contributed by atoms with van der Waals surface area (Å²) < 4.78 is 32.3. The zero-order valence-corrected chi connectivity index (χ0v) is 18.1. The predicted molar refractivity (Wildman–Crippen MR) is 111 cm³/mol. The fourth-order valence-corrected chi connectivity index (χ4v) is 5.05. The van der Waals surface area contributed by atoms with Gasteiger partial charge >= 0.3 is 0 Å². The zero-order valence-electron chi connectivity index (χ0n) is 16.5. The molecule has 8 nitrogen and oxygen atoms in total. The SMILES string of the molecule is CCc1ccc(-c2csc(NC(=O)[C@H](C)NS(=O)(=O)c3c(C)noc3C)n2)cc1. The van der Waals surface area contributed by atoms with Gasteiger partial charge in [-0.2, -0.15) is 4.72 Å². The van der Waals surface area contributed by atoms with Crippen molar-refractivity contribution in [3.8, 4) is 11.3 Å². The normalized spacial score (nSPS) is 12.7. The molecule has 2 N–H and O–H groups in total. The molecule has 29 heavy (non-hydrogen) atoms. The Morgan fingerprint density at radius 3 is 2.52 bits per heavy atom. The molecule has 0 aliphatic rings. The van der Waals surface area contributed by atoms with Crippen molar-refractivity contribution in [1.29, 1.82) is 0 Å². The summed E-state index contributed by atoms with van der Waals surface area (Å²) in [5, 5.41) is 8.53. The number of amides is 1. The maximum Gasteiger partial charge on any atom is 0.246 e. The lowest BCUT2D eigenvalue weighted by atomic mass is 10.1. The van der Waals surface area contributed by atoms with Crippen LogP contribution in [0.2, 0.25) is 0 Å². The first-order valence-electron chi connectivity index (χ1n) is 9.02. The second kappa shape index (κ2) is 8.44. The molecule has 0 aliphatic carbocycles. The molecule has 0 spiro atoms. The maximum atomic E-state index is 12.5. The third-order valence-corrected chi connectivity index (χ3v) is 6.90. The van der Waals surface area contributed by atoms with E-state index < -0.39 is 22.0 Å². The van der Waals surface area contributed by atoms with E-state index in [4.69, 9.17) is 4.52 Å². The molecule has 3 rings (SSSR count). The van der Waals surface area contributed by atoms with Crippen molar-refractivity contribution in [3.05, 3.63) is 46.7 Å². The number of anilines is 1. The Morgan fingerprint density at radius 1 is 1.24 bits per heavy atom. The molecule has 3 aromatic rings. The van der Waals surface area contributed by atoms with Crippen LogP contribution in [0.25, 0.3) is 11.3 Å². The Balaban J connectivity index is 1.68. The molecule has 0 unspecified atom stereocenters. The highest BCUT2D eigenvalue weighted by molar-refractivity contribution is 7.89. The molecular weight excluding hydrogens is 412 g/mol. The molecule has 0 saturated heterocycles. The van der Waals surface area contributed by atoms with E-state index in [1.165, 1.54) is 37.7 Å². The first-order valence-corrected chi connectivity index (χ1v) is 11.4. The summed E-state index contributed by atoms with van der Waals surface area (Å²) in [4.78, 5) is 16.8. The number of nitrogens with one attached hydrogen (secondary N) is 2. The van der Waals surface area contributed by atoms with Gasteiger partial charge in [-0.05, 0) is 32.8 Å². The predicted octanol–water partition coefficient (Wildman–Crippen LogP) is 3.28. The third kappa shape index (κ3) is 4.72. The van der Waals surface area contributed by atoms with Gasteiger partial charge in [0.15, 0.2) is 10.9 Å². The van der Waals surface area contributed by atoms with Crippen molar-refractivity contribution in [3.63, 3.8) is 0 Å². The van der Waals surface area contributed by atoms with Crippen LogP contribution in [0.4, 0.5) is 5.13 Å². The van der Waals surface area contributed by atoms with Gasteiger partial charge in [0.1, 0.15) is 10.6 Å². The van der Waals surface area contributed by atoms with Crippen LogP contribution in [0.5, 0.6) is 0 Å². The van der Waals surface area contributed by atoms with Crippen LogP contribution in [-0.4, -0.2) is 30.5 Å². The van der Waals surface area contributed by atoms with Gasteiger partial charge in [0.05, 0.1) is 11.7 Å². The Bertz CT molecular complexity index is 1100. The van der Waals surface area contributed by atoms with E-state index in [0.29, 0.717) is 5.13 Å². The van der Waals surface area contributed by atoms with Crippen LogP contribution >= 0.6 is 11.3 Å². The minimum Gasteiger partial charge on any atom is -0.360 e. The van der Waals surface area contributed by atoms with Crippen LogP contribution in [0.1, 0.15) is 30.9 Å². The van der Waals surface area contributed by atoms with Gasteiger partial charge in [-0.15, -0.1) is 11.3 Å². The number of hydrogen-bond acceptors (Lipinski definition) is 7. The van der Waals surface area contributed by atoms with Gasteiger partial charge in [-0.1, -0.05) is 36.3 Å². The summed E-state index contributed by atoms with van der Waals surface area (Å²) in [7, 11) is -3.94. The van der Waals surface area contributed by atoms with Gasteiger partial charge in [0, 0.05) is 10.9 Å². The third-order valence-electron chi connectivity index (χ3n) is 4.35. The highest BCUT2D eigenvalue weighted by atomic mass is 32.2. The number of aryl methyl sites for hydroxylation is 3. The van der Waals surface area contributed by atoms with Crippen molar-refractivity contribution < 1.29 is 17.7 Å². The number of aromatic nitrogens is 2. The number of carbonyl (C=O) groups excluding carboxylic acids is 1. The summed E-state index contributed by atoms with van der Waals surface area (Å²) in [6, 6.07) is 7.04. The molecule has 0 bridgehead atoms. The lowest BCUT2D eigenvalue weighted by molar-refractivity contribution is -0.117. The van der Waals surface area contributed by atoms with Crippen molar-refractivity contribution in [2.24, 2.45) is 0 Å². The van der Waals surface area contributed by atoms with Gasteiger partial charge < -0.3 is 9.84 Å². The van der Waals surface area contributed by atoms with Gasteiger partial charge in [0.25, 0.3) is 0 Å². The largest absolute Gasteiger partial charge is 0.360 e. The Morgan fingerprint density at radius 2 is 1.93 bits per heavy atom. The number of sulfonamides is 1. The second-order valence-corrected chi connectivity index (χ2v) is 9.08. The monoisotopic (exact) mass is 434 g/mol. The molecule has 10 heteroatoms. The molecule has 2 heterocycles. The molecule has 1 atom stereocenters. The van der Waals surface area contributed by atoms with Crippen molar-refractivity contribution in [2.75, 3.05) is 5.32 Å². The zero-order chi connectivity index (χ0) is 21.2. The van der Waals surface area contributed by atoms with E-state index in [-0.39, 0.29) is 16.3 Å². The second-order valence-electron chi connectivity index (χ2n) is 6.57. The van der Waals surface area contributed by atoms with Gasteiger partial charge in [-0.3, -0.25) is 4.79 Å². The lowest BCUT2D eigenvalue weighted by Crippen LogP contribution is -2.41. The van der Waals surface area contributed by atoms with Crippen LogP contribution in [0, 0.1) is 13.8 Å². The highest BCUT2D eigenvalue weighted by Crippen LogP contribution is 2.25. The van der Waals surface area contributed by atoms with E-state index in [9.17, 15) is 13.2 Å². The number of nitrogens with zero attached hydrogens (tertiary/aromatic N) is 2. The van der Waals surface area contributed by atoms with E-state index in [1.54, 1.807) is 0 Å². The van der Waals surface area contributed by atoms with E-state index in [0.717, 1.165) is 17.7 Å². The molecule has 0 radical (unpaired) electrons. The Hall–Kier alpha value is -2.56. The van der Waals surface area contributed by atoms with Crippen LogP contribution in [0.15, 0.2) is 39.1 Å². The molecule has 154 valence electrons. The number of thiazole rings is 1. The fourth-order valence-electron chi connectivity index (χ4n) is 2.79. The first-order chi connectivity index (χ1) is 13.7. The van der Waals surface area contributed by atoms with Crippen LogP contribution < -0.4 is 10.0 Å². The molecule has 1 amide bonds. The summed E-state index contributed by atoms with van der Waals surface area (Å²) in [6.45, 7) is 6.58. The van der Waals surface area contributed by atoms with Crippen LogP contribution in [0.3, 0.4) is 0 Å². The summed E-state index contributed by atoms with van der Waals surface area (Å²) in [5.41, 5.74) is 3.17. The summed E-state index contributed by atoms with van der Waals surface area (Å²) >= 11 is 1.28. The van der Waals surface area contributed by atoms with Crippen molar-refractivity contribution in [2.45, 2.75) is 45.1 Å². The van der Waals surface area contributed by atoms with Gasteiger partial charge in [0.2, 0.25) is 15.9 Å². The van der Waals surface area contributed by atoms with Crippen LogP contribution in [-0.2, 0) is 21.2 Å². The average molecular weight is 435 g/mol. The standard InChI is InChI=1S/C19H22N4O4S2/c1-5-14-6-8-15(9-7-14)16-10-28-19(20-16)21-18(24)12(3)23-29(25,26)17-11(2)22-27-13(17)4/h6-10,12,23H,5H2,1-4H3,(H,20,21,24)/t12-/m0/s1. The summed E-state index contributed by atoms with van der Waals surface area (Å²) in [5.74, 6) is -0.344. The molecular formula is C19H22N4O4S2. The Labute approximate surface area is 173 Å². The van der Waals surface area contributed by atoms with E-state index in [1.807, 2.05) is 29.6 Å². The quantitative estimate of drug-likeness (QED) is 0.590. The number of hydrogen-bond donors (Lipinski definition) is 2. The number of rotatable bonds is 7. The smallest absolute Gasteiger partial charge is 0.246 e. The van der Waals surface area contributed by atoms with E-state index >= 15 is 0 Å². The molecule has 1 aromatic carbocycles. The Kier molecular flexibility index (Phi) is 6.15. The molecule has 0 aliphatic heterocycles. The summed E-state index contributed by atoms with van der Waals surface area (Å²) in [6.07, 6.45) is 0.959.